The quantitative estimate of drug-likeness (QED) is 0.509. The summed E-state index contributed by atoms with van der Waals surface area (Å²) in [4.78, 5) is 11.2. The van der Waals surface area contributed by atoms with Crippen molar-refractivity contribution >= 4 is 15.9 Å². The Hall–Kier alpha value is -0.660. The molecule has 0 aromatic carbocycles. The highest BCUT2D eigenvalue weighted by Crippen LogP contribution is 2.18. The lowest BCUT2D eigenvalue weighted by Crippen LogP contribution is -2.33. The van der Waals surface area contributed by atoms with Crippen LogP contribution < -0.4 is 15.8 Å². The van der Waals surface area contributed by atoms with Gasteiger partial charge >= 0.3 is 0 Å². The molecule has 6 nitrogen and oxygen atoms in total. The van der Waals surface area contributed by atoms with Crippen molar-refractivity contribution < 1.29 is 13.2 Å². The predicted molar refractivity (Wildman–Crippen MR) is 61.2 cm³/mol. The zero-order valence-electron chi connectivity index (χ0n) is 9.24. The van der Waals surface area contributed by atoms with Gasteiger partial charge in [0, 0.05) is 19.0 Å². The second kappa shape index (κ2) is 6.17. The van der Waals surface area contributed by atoms with Crippen molar-refractivity contribution in [2.75, 3.05) is 18.8 Å². The third-order valence-corrected chi connectivity index (χ3v) is 3.70. The van der Waals surface area contributed by atoms with Crippen LogP contribution in [0, 0.1) is 0 Å². The summed E-state index contributed by atoms with van der Waals surface area (Å²) in [6.45, 7) is 0.508. The number of nitrogens with one attached hydrogen (secondary N) is 2. The number of amides is 1. The van der Waals surface area contributed by atoms with Gasteiger partial charge in [-0.2, -0.15) is 0 Å². The van der Waals surface area contributed by atoms with Crippen LogP contribution in [0.15, 0.2) is 0 Å². The lowest BCUT2D eigenvalue weighted by Gasteiger charge is -2.06. The number of rotatable bonds is 8. The molecule has 0 unspecified atom stereocenters. The van der Waals surface area contributed by atoms with E-state index in [1.807, 2.05) is 0 Å². The van der Waals surface area contributed by atoms with Crippen molar-refractivity contribution in [3.8, 4) is 0 Å². The standard InChI is InChI=1S/C9H19N3O3S/c10-5-1-7-16(14,15)11-6-4-9(13)12-8-2-3-8/h8,11H,1-7,10H2,(H,12,13). The molecule has 0 bridgehead atoms. The van der Waals surface area contributed by atoms with Crippen LogP contribution >= 0.6 is 0 Å². The molecule has 0 radical (unpaired) electrons. The number of carbonyl (C=O) groups excluding carboxylic acids is 1. The van der Waals surface area contributed by atoms with Gasteiger partial charge in [-0.1, -0.05) is 0 Å². The predicted octanol–water partition coefficient (Wildman–Crippen LogP) is -1.08. The van der Waals surface area contributed by atoms with E-state index in [2.05, 4.69) is 10.0 Å². The van der Waals surface area contributed by atoms with E-state index in [4.69, 9.17) is 5.73 Å². The molecule has 0 aromatic heterocycles. The van der Waals surface area contributed by atoms with Gasteiger partial charge in [0.05, 0.1) is 5.75 Å². The Morgan fingerprint density at radius 3 is 2.62 bits per heavy atom. The average molecular weight is 249 g/mol. The molecule has 0 saturated heterocycles. The maximum absolute atomic E-state index is 11.3. The van der Waals surface area contributed by atoms with Gasteiger partial charge in [0.25, 0.3) is 0 Å². The zero-order chi connectivity index (χ0) is 12.0. The molecule has 0 spiro atoms. The Morgan fingerprint density at radius 2 is 2.06 bits per heavy atom. The Balaban J connectivity index is 2.10. The first-order valence-electron chi connectivity index (χ1n) is 5.50. The molecule has 16 heavy (non-hydrogen) atoms. The molecular weight excluding hydrogens is 230 g/mol. The monoisotopic (exact) mass is 249 g/mol. The van der Waals surface area contributed by atoms with E-state index in [1.54, 1.807) is 0 Å². The summed E-state index contributed by atoms with van der Waals surface area (Å²) in [6, 6.07) is 0.321. The van der Waals surface area contributed by atoms with E-state index in [1.165, 1.54) is 0 Å². The molecule has 0 aliphatic heterocycles. The molecule has 1 rings (SSSR count). The van der Waals surface area contributed by atoms with Gasteiger partial charge in [0.2, 0.25) is 15.9 Å². The smallest absolute Gasteiger partial charge is 0.221 e. The topological polar surface area (TPSA) is 101 Å². The van der Waals surface area contributed by atoms with E-state index in [9.17, 15) is 13.2 Å². The van der Waals surface area contributed by atoms with E-state index >= 15 is 0 Å². The normalized spacial score (nSPS) is 16.1. The molecule has 94 valence electrons. The first-order valence-corrected chi connectivity index (χ1v) is 7.15. The number of hydrogen-bond acceptors (Lipinski definition) is 4. The second-order valence-electron chi connectivity index (χ2n) is 3.95. The maximum atomic E-state index is 11.3. The van der Waals surface area contributed by atoms with Gasteiger partial charge in [-0.05, 0) is 25.8 Å². The summed E-state index contributed by atoms with van der Waals surface area (Å²) in [6.07, 6.45) is 2.70. The van der Waals surface area contributed by atoms with Crippen molar-refractivity contribution in [3.63, 3.8) is 0 Å². The van der Waals surface area contributed by atoms with E-state index in [0.29, 0.717) is 19.0 Å². The maximum Gasteiger partial charge on any atom is 0.221 e. The van der Waals surface area contributed by atoms with Gasteiger partial charge < -0.3 is 11.1 Å². The molecular formula is C9H19N3O3S. The van der Waals surface area contributed by atoms with Crippen molar-refractivity contribution in [1.82, 2.24) is 10.0 Å². The molecule has 0 aromatic rings. The number of nitrogens with two attached hydrogens (primary N) is 1. The van der Waals surface area contributed by atoms with Gasteiger partial charge in [-0.25, -0.2) is 13.1 Å². The van der Waals surface area contributed by atoms with Crippen LogP contribution in [0.4, 0.5) is 0 Å². The Labute approximate surface area is 96.0 Å². The van der Waals surface area contributed by atoms with Crippen LogP contribution in [0.1, 0.15) is 25.7 Å². The van der Waals surface area contributed by atoms with Gasteiger partial charge in [0.1, 0.15) is 0 Å². The van der Waals surface area contributed by atoms with Crippen molar-refractivity contribution in [1.29, 1.82) is 0 Å². The number of carbonyl (C=O) groups is 1. The number of sulfonamides is 1. The highest BCUT2D eigenvalue weighted by atomic mass is 32.2. The first-order chi connectivity index (χ1) is 7.53. The van der Waals surface area contributed by atoms with Crippen LogP contribution in [0.2, 0.25) is 0 Å². The molecule has 4 N–H and O–H groups in total. The lowest BCUT2D eigenvalue weighted by molar-refractivity contribution is -0.121. The van der Waals surface area contributed by atoms with E-state index < -0.39 is 10.0 Å². The fourth-order valence-electron chi connectivity index (χ4n) is 1.19. The minimum absolute atomic E-state index is 0.0216. The Bertz CT molecular complexity index is 325. The van der Waals surface area contributed by atoms with Crippen molar-refractivity contribution in [2.45, 2.75) is 31.7 Å². The minimum atomic E-state index is -3.26. The molecule has 1 amide bonds. The van der Waals surface area contributed by atoms with Crippen molar-refractivity contribution in [2.24, 2.45) is 5.73 Å². The number of hydrogen-bond donors (Lipinski definition) is 3. The molecule has 1 fully saturated rings. The van der Waals surface area contributed by atoms with Crippen LogP contribution in [0.25, 0.3) is 0 Å². The molecule has 1 aliphatic carbocycles. The van der Waals surface area contributed by atoms with Crippen LogP contribution in [0.3, 0.4) is 0 Å². The Kier molecular flexibility index (Phi) is 5.17. The Morgan fingerprint density at radius 1 is 1.38 bits per heavy atom. The summed E-state index contributed by atoms with van der Waals surface area (Å²) >= 11 is 0. The highest BCUT2D eigenvalue weighted by molar-refractivity contribution is 7.89. The largest absolute Gasteiger partial charge is 0.353 e. The van der Waals surface area contributed by atoms with Crippen LogP contribution in [-0.4, -0.2) is 39.2 Å². The summed E-state index contributed by atoms with van der Waals surface area (Å²) in [5.74, 6) is -0.0719. The summed E-state index contributed by atoms with van der Waals surface area (Å²) in [5.41, 5.74) is 5.22. The molecule has 7 heteroatoms. The third kappa shape index (κ3) is 6.04. The SMILES string of the molecule is NCCCS(=O)(=O)NCCC(=O)NC1CC1. The summed E-state index contributed by atoms with van der Waals surface area (Å²) < 4.78 is 25.0. The third-order valence-electron chi connectivity index (χ3n) is 2.23. The average Bonchev–Trinajstić information content (AvgIpc) is 2.98. The van der Waals surface area contributed by atoms with Gasteiger partial charge in [-0.15, -0.1) is 0 Å². The van der Waals surface area contributed by atoms with Gasteiger partial charge in [0.15, 0.2) is 0 Å². The molecule has 0 heterocycles. The fraction of sp³-hybridized carbons (Fsp3) is 0.889. The van der Waals surface area contributed by atoms with Crippen molar-refractivity contribution in [3.05, 3.63) is 0 Å². The van der Waals surface area contributed by atoms with Crippen LogP contribution in [-0.2, 0) is 14.8 Å². The molecule has 1 saturated carbocycles. The second-order valence-corrected chi connectivity index (χ2v) is 5.87. The van der Waals surface area contributed by atoms with Gasteiger partial charge in [-0.3, -0.25) is 4.79 Å². The first kappa shape index (κ1) is 13.4. The van der Waals surface area contributed by atoms with E-state index in [-0.39, 0.29) is 24.6 Å². The minimum Gasteiger partial charge on any atom is -0.353 e. The molecule has 0 atom stereocenters. The fourth-order valence-corrected chi connectivity index (χ4v) is 2.30. The zero-order valence-corrected chi connectivity index (χ0v) is 10.1. The van der Waals surface area contributed by atoms with E-state index in [0.717, 1.165) is 12.8 Å². The highest BCUT2D eigenvalue weighted by Gasteiger charge is 2.22. The van der Waals surface area contributed by atoms with Crippen LogP contribution in [0.5, 0.6) is 0 Å². The lowest BCUT2D eigenvalue weighted by atomic mass is 10.4. The summed E-state index contributed by atoms with van der Waals surface area (Å²) in [7, 11) is -3.26. The molecule has 1 aliphatic rings. The summed E-state index contributed by atoms with van der Waals surface area (Å²) in [5, 5.41) is 2.79.